The van der Waals surface area contributed by atoms with Crippen LogP contribution in [0.15, 0.2) is 0 Å². The molecule has 6 nitrogen and oxygen atoms in total. The fraction of sp³-hybridized carbons (Fsp3) is 0.786. The fourth-order valence-corrected chi connectivity index (χ4v) is 2.41. The number of hydrogen-bond donors (Lipinski definition) is 2. The van der Waals surface area contributed by atoms with Crippen molar-refractivity contribution in [2.75, 3.05) is 26.7 Å². The van der Waals surface area contributed by atoms with E-state index < -0.39 is 0 Å². The van der Waals surface area contributed by atoms with E-state index in [2.05, 4.69) is 20.5 Å². The Labute approximate surface area is 120 Å². The Morgan fingerprint density at radius 3 is 2.75 bits per heavy atom. The summed E-state index contributed by atoms with van der Waals surface area (Å²) in [4.78, 5) is 18.4. The second-order valence-corrected chi connectivity index (χ2v) is 6.66. The number of carbonyl (C=O) groups excluding carboxylic acids is 1. The smallest absolute Gasteiger partial charge is 0.293 e. The molecule has 2 N–H and O–H groups in total. The largest absolute Gasteiger partial charge is 0.339 e. The molecule has 0 aromatic carbocycles. The molecule has 2 heterocycles. The highest BCUT2D eigenvalue weighted by Crippen LogP contribution is 2.18. The van der Waals surface area contributed by atoms with E-state index in [1.54, 1.807) is 4.90 Å². The van der Waals surface area contributed by atoms with Gasteiger partial charge in [-0.2, -0.15) is 0 Å². The predicted molar refractivity (Wildman–Crippen MR) is 77.6 cm³/mol. The summed E-state index contributed by atoms with van der Waals surface area (Å²) >= 11 is 0. The molecule has 1 amide bonds. The number of aromatic amines is 1. The molecule has 2 rings (SSSR count). The maximum absolute atomic E-state index is 12.3. The molecule has 0 saturated carbocycles. The zero-order valence-corrected chi connectivity index (χ0v) is 12.9. The second kappa shape index (κ2) is 5.91. The zero-order chi connectivity index (χ0) is 14.8. The Balaban J connectivity index is 1.97. The summed E-state index contributed by atoms with van der Waals surface area (Å²) < 4.78 is 0. The lowest BCUT2D eigenvalue weighted by atomic mass is 9.96. The molecule has 1 fully saturated rings. The van der Waals surface area contributed by atoms with Gasteiger partial charge >= 0.3 is 0 Å². The number of aromatic nitrogens is 3. The summed E-state index contributed by atoms with van der Waals surface area (Å²) in [6.45, 7) is 8.95. The maximum Gasteiger partial charge on any atom is 0.293 e. The minimum absolute atomic E-state index is 0.109. The average molecular weight is 279 g/mol. The summed E-state index contributed by atoms with van der Waals surface area (Å²) in [6.07, 6.45) is 2.35. The van der Waals surface area contributed by atoms with E-state index in [-0.39, 0.29) is 17.1 Å². The molecule has 1 atom stereocenters. The molecule has 0 radical (unpaired) electrons. The van der Waals surface area contributed by atoms with Crippen LogP contribution in [0.4, 0.5) is 0 Å². The third-order valence-corrected chi connectivity index (χ3v) is 3.66. The first kappa shape index (κ1) is 15.0. The van der Waals surface area contributed by atoms with Crippen LogP contribution in [0.3, 0.4) is 0 Å². The molecule has 1 saturated heterocycles. The van der Waals surface area contributed by atoms with Crippen molar-refractivity contribution in [1.82, 2.24) is 25.4 Å². The van der Waals surface area contributed by atoms with Crippen LogP contribution >= 0.6 is 0 Å². The lowest BCUT2D eigenvalue weighted by molar-refractivity contribution is 0.0753. The zero-order valence-electron chi connectivity index (χ0n) is 12.9. The summed E-state index contributed by atoms with van der Waals surface area (Å²) in [6, 6.07) is 0. The number of rotatable bonds is 3. The lowest BCUT2D eigenvalue weighted by Gasteiger charge is -2.27. The van der Waals surface area contributed by atoms with Crippen molar-refractivity contribution in [2.45, 2.75) is 39.0 Å². The number of amides is 1. The maximum atomic E-state index is 12.3. The van der Waals surface area contributed by atoms with Crippen molar-refractivity contribution in [2.24, 2.45) is 5.92 Å². The molecular formula is C14H25N5O. The number of nitrogens with zero attached hydrogens (tertiary/aromatic N) is 3. The van der Waals surface area contributed by atoms with Crippen LogP contribution in [-0.2, 0) is 5.41 Å². The number of piperidine rings is 1. The first-order valence-corrected chi connectivity index (χ1v) is 7.27. The summed E-state index contributed by atoms with van der Waals surface area (Å²) in [5, 5.41) is 10.3. The van der Waals surface area contributed by atoms with Gasteiger partial charge in [-0.05, 0) is 31.8 Å². The van der Waals surface area contributed by atoms with E-state index in [0.717, 1.165) is 25.5 Å². The van der Waals surface area contributed by atoms with Crippen LogP contribution in [0.1, 0.15) is 50.1 Å². The average Bonchev–Trinajstić information content (AvgIpc) is 2.88. The number of nitrogens with one attached hydrogen (secondary N) is 2. The molecule has 20 heavy (non-hydrogen) atoms. The van der Waals surface area contributed by atoms with Gasteiger partial charge in [0, 0.05) is 19.0 Å². The predicted octanol–water partition coefficient (Wildman–Crippen LogP) is 1.17. The molecule has 1 aromatic heterocycles. The molecule has 1 aliphatic rings. The Hall–Kier alpha value is -1.43. The van der Waals surface area contributed by atoms with Crippen LogP contribution in [-0.4, -0.2) is 52.7 Å². The van der Waals surface area contributed by atoms with E-state index >= 15 is 0 Å². The van der Waals surface area contributed by atoms with Crippen molar-refractivity contribution >= 4 is 5.91 Å². The van der Waals surface area contributed by atoms with Crippen molar-refractivity contribution in [1.29, 1.82) is 0 Å². The lowest BCUT2D eigenvalue weighted by Crippen LogP contribution is -2.39. The van der Waals surface area contributed by atoms with Gasteiger partial charge in [-0.15, -0.1) is 5.10 Å². The standard InChI is InChI=1S/C14H25N5O/c1-14(2,3)13-16-11(17-18-13)12(20)19(4)9-10-6-5-7-15-8-10/h10,15H,5-9H2,1-4H3,(H,16,17,18). The van der Waals surface area contributed by atoms with Crippen LogP contribution in [0, 0.1) is 5.92 Å². The molecule has 0 aliphatic carbocycles. The Bertz CT molecular complexity index is 456. The highest BCUT2D eigenvalue weighted by Gasteiger charge is 2.24. The van der Waals surface area contributed by atoms with Gasteiger partial charge in [0.2, 0.25) is 5.82 Å². The summed E-state index contributed by atoms with van der Waals surface area (Å²) in [5.74, 6) is 1.43. The Morgan fingerprint density at radius 2 is 2.20 bits per heavy atom. The Morgan fingerprint density at radius 1 is 1.45 bits per heavy atom. The SMILES string of the molecule is CN(CC1CCCNC1)C(=O)c1n[nH]c(C(C)(C)C)n1. The molecule has 1 aliphatic heterocycles. The highest BCUT2D eigenvalue weighted by atomic mass is 16.2. The van der Waals surface area contributed by atoms with Crippen LogP contribution in [0.25, 0.3) is 0 Å². The number of carbonyl (C=O) groups is 1. The molecule has 0 spiro atoms. The van der Waals surface area contributed by atoms with E-state index in [4.69, 9.17) is 0 Å². The number of H-pyrrole nitrogens is 1. The van der Waals surface area contributed by atoms with Crippen LogP contribution in [0.5, 0.6) is 0 Å². The summed E-state index contributed by atoms with van der Waals surface area (Å²) in [7, 11) is 1.82. The van der Waals surface area contributed by atoms with E-state index in [0.29, 0.717) is 5.92 Å². The first-order valence-electron chi connectivity index (χ1n) is 7.27. The van der Waals surface area contributed by atoms with Crippen molar-refractivity contribution in [3.63, 3.8) is 0 Å². The molecule has 112 valence electrons. The van der Waals surface area contributed by atoms with E-state index in [1.165, 1.54) is 12.8 Å². The normalized spacial score (nSPS) is 19.9. The second-order valence-electron chi connectivity index (χ2n) is 6.66. The van der Waals surface area contributed by atoms with Crippen molar-refractivity contribution in [3.8, 4) is 0 Å². The van der Waals surface area contributed by atoms with Crippen LogP contribution in [0.2, 0.25) is 0 Å². The van der Waals surface area contributed by atoms with Gasteiger partial charge in [0.15, 0.2) is 0 Å². The molecular weight excluding hydrogens is 254 g/mol. The Kier molecular flexibility index (Phi) is 4.42. The van der Waals surface area contributed by atoms with Crippen molar-refractivity contribution in [3.05, 3.63) is 11.6 Å². The van der Waals surface area contributed by atoms with Crippen LogP contribution < -0.4 is 5.32 Å². The van der Waals surface area contributed by atoms with Crippen molar-refractivity contribution < 1.29 is 4.79 Å². The summed E-state index contributed by atoms with van der Waals surface area (Å²) in [5.41, 5.74) is -0.128. The third-order valence-electron chi connectivity index (χ3n) is 3.66. The topological polar surface area (TPSA) is 73.9 Å². The van der Waals surface area contributed by atoms with Gasteiger partial charge in [-0.25, -0.2) is 4.98 Å². The third kappa shape index (κ3) is 3.56. The quantitative estimate of drug-likeness (QED) is 0.871. The molecule has 6 heteroatoms. The molecule has 1 unspecified atom stereocenters. The number of hydrogen-bond acceptors (Lipinski definition) is 4. The monoisotopic (exact) mass is 279 g/mol. The minimum Gasteiger partial charge on any atom is -0.339 e. The van der Waals surface area contributed by atoms with Gasteiger partial charge in [0.05, 0.1) is 0 Å². The fourth-order valence-electron chi connectivity index (χ4n) is 2.41. The molecule has 1 aromatic rings. The molecule has 0 bridgehead atoms. The van der Waals surface area contributed by atoms with E-state index in [9.17, 15) is 4.79 Å². The van der Waals surface area contributed by atoms with Gasteiger partial charge < -0.3 is 10.2 Å². The minimum atomic E-state index is -0.128. The van der Waals surface area contributed by atoms with Gasteiger partial charge in [0.1, 0.15) is 5.82 Å². The highest BCUT2D eigenvalue weighted by molar-refractivity contribution is 5.90. The first-order chi connectivity index (χ1) is 9.38. The van der Waals surface area contributed by atoms with Gasteiger partial charge in [-0.3, -0.25) is 9.89 Å². The van der Waals surface area contributed by atoms with E-state index in [1.807, 2.05) is 27.8 Å². The van der Waals surface area contributed by atoms with Gasteiger partial charge in [0.25, 0.3) is 5.91 Å². The van der Waals surface area contributed by atoms with Gasteiger partial charge in [-0.1, -0.05) is 20.8 Å².